The fourth-order valence-electron chi connectivity index (χ4n) is 4.39. The number of pyridine rings is 1. The number of nitrogens with one attached hydrogen (secondary N) is 1. The molecule has 0 bridgehead atoms. The summed E-state index contributed by atoms with van der Waals surface area (Å²) in [5.41, 5.74) is 2.55. The number of rotatable bonds is 8. The van der Waals surface area contributed by atoms with Gasteiger partial charge in [-0.1, -0.05) is 0 Å². The average molecular weight is 517 g/mol. The number of aromatic nitrogens is 6. The summed E-state index contributed by atoms with van der Waals surface area (Å²) in [6.07, 6.45) is -0.585. The van der Waals surface area contributed by atoms with Crippen LogP contribution in [0, 0.1) is 6.92 Å². The molecule has 1 saturated heterocycles. The van der Waals surface area contributed by atoms with E-state index in [1.54, 1.807) is 34.6 Å². The Morgan fingerprint density at radius 1 is 1.22 bits per heavy atom. The lowest BCUT2D eigenvalue weighted by atomic mass is 10.0. The molecule has 4 aromatic rings. The van der Waals surface area contributed by atoms with Gasteiger partial charge in [0, 0.05) is 55.8 Å². The normalized spacial score (nSPS) is 17.1. The van der Waals surface area contributed by atoms with Crippen LogP contribution in [0.25, 0.3) is 16.8 Å². The zero-order valence-corrected chi connectivity index (χ0v) is 20.6. The number of alkyl halides is 3. The lowest BCUT2D eigenvalue weighted by molar-refractivity contribution is -0.145. The Bertz CT molecular complexity index is 1420. The minimum atomic E-state index is -4.65. The van der Waals surface area contributed by atoms with Gasteiger partial charge in [-0.15, -0.1) is 0 Å². The molecule has 1 aliphatic heterocycles. The van der Waals surface area contributed by atoms with E-state index in [9.17, 15) is 18.3 Å². The Morgan fingerprint density at radius 2 is 2.03 bits per heavy atom. The quantitative estimate of drug-likeness (QED) is 0.367. The second-order valence-electron chi connectivity index (χ2n) is 9.23. The van der Waals surface area contributed by atoms with Gasteiger partial charge in [0.2, 0.25) is 5.82 Å². The molecule has 2 N–H and O–H groups in total. The van der Waals surface area contributed by atoms with Gasteiger partial charge in [0.15, 0.2) is 11.6 Å². The van der Waals surface area contributed by atoms with Crippen LogP contribution in [0.15, 0.2) is 36.7 Å². The number of fused-ring (bicyclic) bond motifs is 1. The summed E-state index contributed by atoms with van der Waals surface area (Å²) >= 11 is 0. The number of halogens is 3. The first-order valence-corrected chi connectivity index (χ1v) is 11.8. The highest BCUT2D eigenvalue weighted by atomic mass is 19.4. The molecular weight excluding hydrogens is 489 g/mol. The van der Waals surface area contributed by atoms with Crippen LogP contribution in [0.2, 0.25) is 0 Å². The molecule has 13 heteroatoms. The van der Waals surface area contributed by atoms with Crippen molar-refractivity contribution < 1.29 is 23.0 Å². The predicted molar refractivity (Wildman–Crippen MR) is 130 cm³/mol. The molecule has 4 aromatic heterocycles. The zero-order valence-electron chi connectivity index (χ0n) is 20.6. The Kier molecular flexibility index (Phi) is 6.50. The summed E-state index contributed by atoms with van der Waals surface area (Å²) in [5.74, 6) is -0.218. The van der Waals surface area contributed by atoms with Crippen molar-refractivity contribution in [2.24, 2.45) is 7.05 Å². The third-order valence-corrected chi connectivity index (χ3v) is 6.20. The number of aryl methyl sites for hydroxylation is 2. The van der Waals surface area contributed by atoms with E-state index in [0.717, 1.165) is 29.7 Å². The van der Waals surface area contributed by atoms with Gasteiger partial charge in [0.05, 0.1) is 17.8 Å². The maximum absolute atomic E-state index is 13.1. The largest absolute Gasteiger partial charge is 0.488 e. The SMILES string of the molecule is Cc1cc(Nc2cc3cc(-c4c(OC[C@H]5CCN5C[C@H](C)O)cnn4C)ccn3n2)nc(C(F)(F)F)n1. The first kappa shape index (κ1) is 25.0. The van der Waals surface area contributed by atoms with Gasteiger partial charge in [-0.3, -0.25) is 9.58 Å². The van der Waals surface area contributed by atoms with Crippen LogP contribution in [-0.2, 0) is 13.2 Å². The lowest BCUT2D eigenvalue weighted by Gasteiger charge is -2.41. The Morgan fingerprint density at radius 3 is 2.73 bits per heavy atom. The Labute approximate surface area is 210 Å². The van der Waals surface area contributed by atoms with Crippen LogP contribution in [0.4, 0.5) is 24.8 Å². The van der Waals surface area contributed by atoms with Crippen LogP contribution in [0.5, 0.6) is 5.75 Å². The summed E-state index contributed by atoms with van der Waals surface area (Å²) in [7, 11) is 1.83. The van der Waals surface area contributed by atoms with Gasteiger partial charge in [0.25, 0.3) is 0 Å². The van der Waals surface area contributed by atoms with Crippen molar-refractivity contribution in [3.63, 3.8) is 0 Å². The van der Waals surface area contributed by atoms with E-state index in [2.05, 4.69) is 30.4 Å². The monoisotopic (exact) mass is 516 g/mol. The number of hydrogen-bond donors (Lipinski definition) is 2. The van der Waals surface area contributed by atoms with Crippen molar-refractivity contribution in [1.29, 1.82) is 0 Å². The van der Waals surface area contributed by atoms with E-state index in [0.29, 0.717) is 24.7 Å². The number of anilines is 2. The number of aliphatic hydroxyl groups is 1. The lowest BCUT2D eigenvalue weighted by Crippen LogP contribution is -2.53. The van der Waals surface area contributed by atoms with Gasteiger partial charge in [-0.25, -0.2) is 14.5 Å². The molecule has 1 aliphatic rings. The average Bonchev–Trinajstić information content (AvgIpc) is 3.37. The van der Waals surface area contributed by atoms with Crippen LogP contribution >= 0.6 is 0 Å². The molecule has 0 saturated carbocycles. The van der Waals surface area contributed by atoms with Crippen molar-refractivity contribution >= 4 is 17.2 Å². The molecule has 0 aliphatic carbocycles. The number of aliphatic hydroxyl groups excluding tert-OH is 1. The van der Waals surface area contributed by atoms with Crippen LogP contribution < -0.4 is 10.1 Å². The van der Waals surface area contributed by atoms with Crippen molar-refractivity contribution in [3.8, 4) is 17.0 Å². The van der Waals surface area contributed by atoms with Gasteiger partial charge < -0.3 is 15.2 Å². The van der Waals surface area contributed by atoms with Gasteiger partial charge in [-0.05, 0) is 32.4 Å². The van der Waals surface area contributed by atoms with Gasteiger partial charge >= 0.3 is 6.18 Å². The van der Waals surface area contributed by atoms with Crippen LogP contribution in [0.1, 0.15) is 24.9 Å². The smallest absolute Gasteiger partial charge is 0.451 e. The summed E-state index contributed by atoms with van der Waals surface area (Å²) in [4.78, 5) is 9.24. The number of nitrogens with zero attached hydrogens (tertiary/aromatic N) is 7. The highest BCUT2D eigenvalue weighted by Crippen LogP contribution is 2.32. The molecule has 10 nitrogen and oxygen atoms in total. The summed E-state index contributed by atoms with van der Waals surface area (Å²) in [5, 5.41) is 21.2. The van der Waals surface area contributed by atoms with E-state index < -0.39 is 12.0 Å². The molecule has 5 heterocycles. The van der Waals surface area contributed by atoms with E-state index in [-0.39, 0.29) is 23.7 Å². The molecule has 0 aromatic carbocycles. The number of ether oxygens (including phenoxy) is 1. The van der Waals surface area contributed by atoms with E-state index in [1.165, 1.54) is 13.0 Å². The van der Waals surface area contributed by atoms with Crippen molar-refractivity contribution in [2.75, 3.05) is 25.0 Å². The first-order valence-electron chi connectivity index (χ1n) is 11.8. The standard InChI is InChI=1S/C24H27F3N8O2/c1-14-8-20(31-23(29-14)24(25,26)27)30-21-10-18-9-16(4-7-35(18)32-21)22-19(11-28-33(22)3)37-13-17-5-6-34(17)12-15(2)36/h4,7-11,15,17,36H,5-6,12-13H2,1-3H3,(H,29,30,31,32)/t15-,17+/m0/s1. The number of likely N-dealkylation sites (tertiary alicyclic amines) is 1. The third kappa shape index (κ3) is 5.37. The minimum Gasteiger partial charge on any atom is -0.488 e. The second kappa shape index (κ2) is 9.63. The van der Waals surface area contributed by atoms with E-state index in [1.807, 2.05) is 19.2 Å². The predicted octanol–water partition coefficient (Wildman–Crippen LogP) is 3.43. The highest BCUT2D eigenvalue weighted by molar-refractivity contribution is 5.72. The molecule has 37 heavy (non-hydrogen) atoms. The number of β-amino-alcohol motifs (C(OH)–C–C–N with tert-alkyl or cyclic N) is 1. The van der Waals surface area contributed by atoms with Gasteiger partial charge in [-0.2, -0.15) is 23.4 Å². The second-order valence-corrected chi connectivity index (χ2v) is 9.23. The molecule has 0 spiro atoms. The zero-order chi connectivity index (χ0) is 26.3. The molecular formula is C24H27F3N8O2. The minimum absolute atomic E-state index is 0.00593. The molecule has 196 valence electrons. The highest BCUT2D eigenvalue weighted by Gasteiger charge is 2.35. The van der Waals surface area contributed by atoms with Crippen molar-refractivity contribution in [3.05, 3.63) is 48.2 Å². The van der Waals surface area contributed by atoms with Crippen LogP contribution in [-0.4, -0.2) is 71.2 Å². The molecule has 0 amide bonds. The first-order chi connectivity index (χ1) is 17.6. The number of hydrogen-bond acceptors (Lipinski definition) is 8. The molecule has 0 unspecified atom stereocenters. The fourth-order valence-corrected chi connectivity index (χ4v) is 4.39. The fraction of sp³-hybridized carbons (Fsp3) is 0.417. The molecule has 1 fully saturated rings. The van der Waals surface area contributed by atoms with Crippen molar-refractivity contribution in [2.45, 2.75) is 38.6 Å². The Hall–Kier alpha value is -3.71. The van der Waals surface area contributed by atoms with E-state index >= 15 is 0 Å². The maximum atomic E-state index is 13.1. The van der Waals surface area contributed by atoms with Crippen molar-refractivity contribution in [1.82, 2.24) is 34.3 Å². The topological polar surface area (TPSA) is 106 Å². The van der Waals surface area contributed by atoms with Crippen LogP contribution in [0.3, 0.4) is 0 Å². The summed E-state index contributed by atoms with van der Waals surface area (Å²) in [6.45, 7) is 5.30. The summed E-state index contributed by atoms with van der Waals surface area (Å²) < 4.78 is 48.7. The molecule has 5 rings (SSSR count). The summed E-state index contributed by atoms with van der Waals surface area (Å²) in [6, 6.07) is 7.16. The van der Waals surface area contributed by atoms with E-state index in [4.69, 9.17) is 4.74 Å². The molecule has 2 atom stereocenters. The Balaban J connectivity index is 1.35. The van der Waals surface area contributed by atoms with Gasteiger partial charge in [0.1, 0.15) is 18.1 Å². The molecule has 0 radical (unpaired) electrons. The third-order valence-electron chi connectivity index (χ3n) is 6.20. The maximum Gasteiger partial charge on any atom is 0.451 e.